The van der Waals surface area contributed by atoms with Gasteiger partial charge in [-0.3, -0.25) is 0 Å². The van der Waals surface area contributed by atoms with Gasteiger partial charge in [-0.25, -0.2) is 0 Å². The largest absolute Gasteiger partial charge is 0.416 e. The quantitative estimate of drug-likeness (QED) is 0.563. The van der Waals surface area contributed by atoms with Crippen molar-refractivity contribution in [2.24, 2.45) is 7.05 Å². The van der Waals surface area contributed by atoms with E-state index in [2.05, 4.69) is 6.07 Å². The van der Waals surface area contributed by atoms with Crippen molar-refractivity contribution < 1.29 is 13.2 Å². The molecule has 4 heteroatoms. The Labute approximate surface area is 101 Å². The third kappa shape index (κ3) is 1.49. The highest BCUT2D eigenvalue weighted by atomic mass is 19.4. The van der Waals surface area contributed by atoms with E-state index in [0.29, 0.717) is 5.39 Å². The molecule has 0 saturated heterocycles. The number of benzene rings is 2. The number of rotatable bonds is 0. The third-order valence-corrected chi connectivity index (χ3v) is 3.18. The van der Waals surface area contributed by atoms with E-state index >= 15 is 0 Å². The molecule has 0 bridgehead atoms. The lowest BCUT2D eigenvalue weighted by atomic mass is 10.1. The van der Waals surface area contributed by atoms with Gasteiger partial charge in [-0.1, -0.05) is 12.1 Å². The van der Waals surface area contributed by atoms with Gasteiger partial charge >= 0.3 is 6.18 Å². The van der Waals surface area contributed by atoms with Gasteiger partial charge in [0.15, 0.2) is 0 Å². The Bertz CT molecular complexity index is 738. The Balaban J connectivity index is 2.44. The van der Waals surface area contributed by atoms with Gasteiger partial charge in [0.2, 0.25) is 0 Å². The predicted molar refractivity (Wildman–Crippen MR) is 64.3 cm³/mol. The van der Waals surface area contributed by atoms with Crippen LogP contribution < -0.4 is 0 Å². The summed E-state index contributed by atoms with van der Waals surface area (Å²) in [4.78, 5) is 0. The van der Waals surface area contributed by atoms with Gasteiger partial charge in [0, 0.05) is 28.9 Å². The molecule has 0 aliphatic rings. The Morgan fingerprint density at radius 2 is 1.83 bits per heavy atom. The van der Waals surface area contributed by atoms with E-state index < -0.39 is 11.7 Å². The minimum Gasteiger partial charge on any atom is -0.344 e. The van der Waals surface area contributed by atoms with E-state index in [-0.39, 0.29) is 0 Å². The van der Waals surface area contributed by atoms with Gasteiger partial charge in [-0.2, -0.15) is 13.2 Å². The molecule has 0 unspecified atom stereocenters. The second kappa shape index (κ2) is 3.51. The predicted octanol–water partition coefficient (Wildman–Crippen LogP) is 4.15. The number of fused-ring (bicyclic) bond motifs is 3. The first-order valence-corrected chi connectivity index (χ1v) is 5.44. The number of nitrogens with zero attached hydrogens (tertiary/aromatic N) is 1. The standard InChI is InChI=1S/C14H9F3N/c1-18-12-5-3-2-4-10(12)11-8-9(14(15,16)17)6-7-13(11)18/h2,4-8H,1H3. The second-order valence-corrected chi connectivity index (χ2v) is 4.23. The average Bonchev–Trinajstić information content (AvgIpc) is 2.63. The molecule has 1 heterocycles. The van der Waals surface area contributed by atoms with Crippen LogP contribution in [-0.2, 0) is 13.2 Å². The van der Waals surface area contributed by atoms with Gasteiger partial charge in [0.1, 0.15) is 0 Å². The maximum absolute atomic E-state index is 12.7. The normalized spacial score (nSPS) is 12.4. The number of alkyl halides is 3. The van der Waals surface area contributed by atoms with Crippen molar-refractivity contribution in [2.75, 3.05) is 0 Å². The molecule has 91 valence electrons. The summed E-state index contributed by atoms with van der Waals surface area (Å²) < 4.78 is 40.0. The molecule has 3 rings (SSSR count). The molecular weight excluding hydrogens is 239 g/mol. The summed E-state index contributed by atoms with van der Waals surface area (Å²) in [5.41, 5.74) is 1.06. The Morgan fingerprint density at radius 1 is 1.06 bits per heavy atom. The lowest BCUT2D eigenvalue weighted by Gasteiger charge is -2.06. The van der Waals surface area contributed by atoms with Gasteiger partial charge in [0.25, 0.3) is 0 Å². The Morgan fingerprint density at radius 3 is 2.56 bits per heavy atom. The number of hydrogen-bond donors (Lipinski definition) is 0. The molecule has 1 aromatic heterocycles. The summed E-state index contributed by atoms with van der Waals surface area (Å²) >= 11 is 0. The number of aryl methyl sites for hydroxylation is 1. The lowest BCUT2D eigenvalue weighted by Crippen LogP contribution is -2.04. The molecule has 0 saturated carbocycles. The summed E-state index contributed by atoms with van der Waals surface area (Å²) in [6.45, 7) is 0. The van der Waals surface area contributed by atoms with E-state index in [0.717, 1.165) is 22.5 Å². The summed E-state index contributed by atoms with van der Waals surface area (Å²) in [5, 5.41) is 1.44. The maximum Gasteiger partial charge on any atom is 0.416 e. The first-order valence-electron chi connectivity index (χ1n) is 5.44. The van der Waals surface area contributed by atoms with Crippen molar-refractivity contribution in [3.05, 3.63) is 48.0 Å². The van der Waals surface area contributed by atoms with E-state index in [1.54, 1.807) is 18.2 Å². The Hall–Kier alpha value is -1.97. The van der Waals surface area contributed by atoms with Gasteiger partial charge in [-0.05, 0) is 30.3 Å². The summed E-state index contributed by atoms with van der Waals surface area (Å²) in [7, 11) is 1.84. The van der Waals surface area contributed by atoms with Crippen molar-refractivity contribution in [3.8, 4) is 0 Å². The molecule has 0 N–H and O–H groups in total. The molecule has 0 fully saturated rings. The fourth-order valence-corrected chi connectivity index (χ4v) is 2.28. The monoisotopic (exact) mass is 248 g/mol. The molecule has 3 aromatic rings. The topological polar surface area (TPSA) is 4.93 Å². The van der Waals surface area contributed by atoms with Crippen molar-refractivity contribution in [1.29, 1.82) is 0 Å². The number of aromatic nitrogens is 1. The molecule has 0 aliphatic carbocycles. The van der Waals surface area contributed by atoms with E-state index in [1.807, 2.05) is 11.6 Å². The van der Waals surface area contributed by atoms with E-state index in [4.69, 9.17) is 0 Å². The molecule has 0 atom stereocenters. The van der Waals surface area contributed by atoms with Crippen LogP contribution in [0.2, 0.25) is 0 Å². The summed E-state index contributed by atoms with van der Waals surface area (Å²) in [6.07, 6.45) is -4.31. The van der Waals surface area contributed by atoms with E-state index in [9.17, 15) is 13.2 Å². The SMILES string of the molecule is Cn1c2c[c]ccc2c2cc(C(F)(F)F)ccc21. The Kier molecular flexibility index (Phi) is 2.17. The van der Waals surface area contributed by atoms with Gasteiger partial charge < -0.3 is 4.57 Å². The molecule has 1 radical (unpaired) electrons. The van der Waals surface area contributed by atoms with Gasteiger partial charge in [0.05, 0.1) is 5.56 Å². The van der Waals surface area contributed by atoms with Crippen LogP contribution in [0.1, 0.15) is 5.56 Å². The smallest absolute Gasteiger partial charge is 0.344 e. The maximum atomic E-state index is 12.7. The highest BCUT2D eigenvalue weighted by Gasteiger charge is 2.30. The minimum absolute atomic E-state index is 0.615. The fourth-order valence-electron chi connectivity index (χ4n) is 2.28. The molecule has 2 aromatic carbocycles. The van der Waals surface area contributed by atoms with Gasteiger partial charge in [-0.15, -0.1) is 0 Å². The number of halogens is 3. The zero-order valence-electron chi connectivity index (χ0n) is 9.55. The highest BCUT2D eigenvalue weighted by molar-refractivity contribution is 6.08. The number of hydrogen-bond acceptors (Lipinski definition) is 0. The first-order chi connectivity index (χ1) is 8.48. The van der Waals surface area contributed by atoms with Crippen LogP contribution in [0, 0.1) is 6.07 Å². The average molecular weight is 248 g/mol. The molecule has 0 aliphatic heterocycles. The first kappa shape index (κ1) is 11.1. The molecule has 0 spiro atoms. The summed E-state index contributed by atoms with van der Waals surface area (Å²) in [6, 6.07) is 12.1. The van der Waals surface area contributed by atoms with Crippen LogP contribution in [0.5, 0.6) is 0 Å². The zero-order chi connectivity index (χ0) is 12.9. The van der Waals surface area contributed by atoms with Crippen LogP contribution in [0.3, 0.4) is 0 Å². The van der Waals surface area contributed by atoms with Crippen molar-refractivity contribution in [1.82, 2.24) is 4.57 Å². The molecule has 1 nitrogen and oxygen atoms in total. The lowest BCUT2D eigenvalue weighted by molar-refractivity contribution is -0.137. The van der Waals surface area contributed by atoms with Crippen molar-refractivity contribution in [3.63, 3.8) is 0 Å². The molecular formula is C14H9F3N. The van der Waals surface area contributed by atoms with Crippen LogP contribution in [0.4, 0.5) is 13.2 Å². The molecule has 0 amide bonds. The summed E-state index contributed by atoms with van der Waals surface area (Å²) in [5.74, 6) is 0. The third-order valence-electron chi connectivity index (χ3n) is 3.18. The van der Waals surface area contributed by atoms with E-state index in [1.165, 1.54) is 12.1 Å². The van der Waals surface area contributed by atoms with Crippen LogP contribution in [0.25, 0.3) is 21.8 Å². The van der Waals surface area contributed by atoms with Crippen LogP contribution in [-0.4, -0.2) is 4.57 Å². The van der Waals surface area contributed by atoms with Crippen LogP contribution >= 0.6 is 0 Å². The van der Waals surface area contributed by atoms with Crippen LogP contribution in [0.15, 0.2) is 36.4 Å². The highest BCUT2D eigenvalue weighted by Crippen LogP contribution is 2.34. The molecule has 18 heavy (non-hydrogen) atoms. The van der Waals surface area contributed by atoms with Crippen molar-refractivity contribution >= 4 is 21.8 Å². The second-order valence-electron chi connectivity index (χ2n) is 4.23. The minimum atomic E-state index is -4.31. The van der Waals surface area contributed by atoms with Crippen molar-refractivity contribution in [2.45, 2.75) is 6.18 Å². The fraction of sp³-hybridized carbons (Fsp3) is 0.143. The zero-order valence-corrected chi connectivity index (χ0v) is 9.55.